The predicted octanol–water partition coefficient (Wildman–Crippen LogP) is 2.44. The van der Waals surface area contributed by atoms with Gasteiger partial charge in [-0.25, -0.2) is 0 Å². The minimum atomic E-state index is -0.963. The standard InChI is InChI=1S/C15H24N2O4/c1-6-7-10(16-20)12-11(18)8-15(3,4)13(14(12)19)9(2)17-21-5/h12-13,20H,6-8H2,1-5H3. The summed E-state index contributed by atoms with van der Waals surface area (Å²) in [6.45, 7) is 7.36. The molecule has 0 aromatic rings. The van der Waals surface area contributed by atoms with Crippen LogP contribution in [0, 0.1) is 17.3 Å². The normalized spacial score (nSPS) is 26.9. The van der Waals surface area contributed by atoms with E-state index >= 15 is 0 Å². The molecule has 0 aliphatic heterocycles. The molecule has 1 fully saturated rings. The van der Waals surface area contributed by atoms with Crippen LogP contribution in [0.1, 0.15) is 47.0 Å². The van der Waals surface area contributed by atoms with E-state index in [9.17, 15) is 9.59 Å². The van der Waals surface area contributed by atoms with Gasteiger partial charge in [0.15, 0.2) is 5.78 Å². The van der Waals surface area contributed by atoms with Gasteiger partial charge in [-0.15, -0.1) is 0 Å². The largest absolute Gasteiger partial charge is 0.411 e. The van der Waals surface area contributed by atoms with Crippen LogP contribution in [-0.4, -0.2) is 35.3 Å². The Morgan fingerprint density at radius 1 is 1.43 bits per heavy atom. The SMILES string of the molecule is CCCC(=NO)C1C(=O)CC(C)(C)C(C(C)=NOC)C1=O. The molecule has 21 heavy (non-hydrogen) atoms. The van der Waals surface area contributed by atoms with Gasteiger partial charge >= 0.3 is 0 Å². The summed E-state index contributed by atoms with van der Waals surface area (Å²) >= 11 is 0. The molecule has 0 bridgehead atoms. The number of ketones is 2. The smallest absolute Gasteiger partial charge is 0.158 e. The molecule has 0 heterocycles. The van der Waals surface area contributed by atoms with Crippen molar-refractivity contribution in [2.75, 3.05) is 7.11 Å². The van der Waals surface area contributed by atoms with E-state index in [1.54, 1.807) is 6.92 Å². The maximum atomic E-state index is 12.8. The van der Waals surface area contributed by atoms with E-state index in [0.717, 1.165) is 0 Å². The van der Waals surface area contributed by atoms with E-state index in [-0.39, 0.29) is 23.7 Å². The number of carbonyl (C=O) groups is 2. The summed E-state index contributed by atoms with van der Waals surface area (Å²) in [5.41, 5.74) is 0.265. The molecule has 1 aliphatic rings. The molecule has 1 saturated carbocycles. The molecule has 2 atom stereocenters. The van der Waals surface area contributed by atoms with Crippen LogP contribution < -0.4 is 0 Å². The number of oxime groups is 2. The first-order chi connectivity index (χ1) is 9.80. The Bertz CT molecular complexity index is 480. The van der Waals surface area contributed by atoms with Gasteiger partial charge in [0.2, 0.25) is 0 Å². The fourth-order valence-electron chi connectivity index (χ4n) is 3.19. The van der Waals surface area contributed by atoms with Crippen molar-refractivity contribution >= 4 is 23.0 Å². The molecule has 1 rings (SSSR count). The third kappa shape index (κ3) is 3.49. The molecule has 1 N–H and O–H groups in total. The molecule has 0 saturated heterocycles. The highest BCUT2D eigenvalue weighted by Crippen LogP contribution is 2.40. The molecular formula is C15H24N2O4. The number of hydrogen-bond acceptors (Lipinski definition) is 6. The van der Waals surface area contributed by atoms with Gasteiger partial charge in [-0.1, -0.05) is 37.5 Å². The molecule has 0 spiro atoms. The van der Waals surface area contributed by atoms with Gasteiger partial charge in [0, 0.05) is 6.42 Å². The summed E-state index contributed by atoms with van der Waals surface area (Å²) in [6.07, 6.45) is 1.37. The highest BCUT2D eigenvalue weighted by Gasteiger charge is 2.50. The average molecular weight is 296 g/mol. The van der Waals surface area contributed by atoms with Gasteiger partial charge in [-0.3, -0.25) is 9.59 Å². The lowest BCUT2D eigenvalue weighted by atomic mass is 9.61. The van der Waals surface area contributed by atoms with Crippen molar-refractivity contribution in [3.05, 3.63) is 0 Å². The first-order valence-electron chi connectivity index (χ1n) is 7.15. The maximum Gasteiger partial charge on any atom is 0.158 e. The van der Waals surface area contributed by atoms with E-state index in [1.807, 2.05) is 20.8 Å². The summed E-state index contributed by atoms with van der Waals surface area (Å²) in [5.74, 6) is -1.92. The Balaban J connectivity index is 3.24. The van der Waals surface area contributed by atoms with Crippen LogP contribution in [0.3, 0.4) is 0 Å². The van der Waals surface area contributed by atoms with Crippen LogP contribution >= 0.6 is 0 Å². The van der Waals surface area contributed by atoms with Crippen molar-refractivity contribution < 1.29 is 19.6 Å². The fourth-order valence-corrected chi connectivity index (χ4v) is 3.19. The molecule has 2 unspecified atom stereocenters. The van der Waals surface area contributed by atoms with E-state index in [1.165, 1.54) is 7.11 Å². The van der Waals surface area contributed by atoms with Gasteiger partial charge in [0.25, 0.3) is 0 Å². The van der Waals surface area contributed by atoms with Gasteiger partial charge in [0.05, 0.1) is 17.3 Å². The Morgan fingerprint density at radius 3 is 2.52 bits per heavy atom. The number of carbonyl (C=O) groups excluding carboxylic acids is 2. The minimum Gasteiger partial charge on any atom is -0.411 e. The van der Waals surface area contributed by atoms with Gasteiger partial charge in [-0.2, -0.15) is 0 Å². The van der Waals surface area contributed by atoms with Crippen molar-refractivity contribution in [2.45, 2.75) is 47.0 Å². The quantitative estimate of drug-likeness (QED) is 0.365. The topological polar surface area (TPSA) is 88.3 Å². The van der Waals surface area contributed by atoms with E-state index in [0.29, 0.717) is 18.6 Å². The molecule has 6 nitrogen and oxygen atoms in total. The molecule has 0 aromatic heterocycles. The van der Waals surface area contributed by atoms with E-state index in [2.05, 4.69) is 10.3 Å². The highest BCUT2D eigenvalue weighted by molar-refractivity contribution is 6.27. The highest BCUT2D eigenvalue weighted by atomic mass is 16.6. The zero-order valence-electron chi connectivity index (χ0n) is 13.3. The Morgan fingerprint density at radius 2 is 2.05 bits per heavy atom. The molecule has 0 amide bonds. The van der Waals surface area contributed by atoms with Crippen molar-refractivity contribution in [3.63, 3.8) is 0 Å². The first-order valence-corrected chi connectivity index (χ1v) is 7.15. The Labute approximate surface area is 125 Å². The first kappa shape index (κ1) is 17.3. The van der Waals surface area contributed by atoms with Crippen molar-refractivity contribution in [2.24, 2.45) is 27.6 Å². The molecule has 0 radical (unpaired) electrons. The lowest BCUT2D eigenvalue weighted by Gasteiger charge is -2.39. The Hall–Kier alpha value is -1.72. The molecular weight excluding hydrogens is 272 g/mol. The fraction of sp³-hybridized carbons (Fsp3) is 0.733. The van der Waals surface area contributed by atoms with E-state index < -0.39 is 17.3 Å². The summed E-state index contributed by atoms with van der Waals surface area (Å²) in [5, 5.41) is 16.2. The Kier molecular flexibility index (Phi) is 5.63. The summed E-state index contributed by atoms with van der Waals surface area (Å²) in [7, 11) is 1.42. The lowest BCUT2D eigenvalue weighted by Crippen LogP contribution is -2.51. The van der Waals surface area contributed by atoms with Crippen LogP contribution in [0.5, 0.6) is 0 Å². The van der Waals surface area contributed by atoms with Crippen LogP contribution in [0.25, 0.3) is 0 Å². The molecule has 6 heteroatoms. The number of nitrogens with zero attached hydrogens (tertiary/aromatic N) is 2. The summed E-state index contributed by atoms with van der Waals surface area (Å²) in [6, 6.07) is 0. The monoisotopic (exact) mass is 296 g/mol. The van der Waals surface area contributed by atoms with Crippen LogP contribution in [-0.2, 0) is 14.4 Å². The second-order valence-electron chi connectivity index (χ2n) is 6.16. The summed E-state index contributed by atoms with van der Waals surface area (Å²) in [4.78, 5) is 29.9. The van der Waals surface area contributed by atoms with Crippen LogP contribution in [0.15, 0.2) is 10.3 Å². The predicted molar refractivity (Wildman–Crippen MR) is 79.6 cm³/mol. The second kappa shape index (κ2) is 6.83. The van der Waals surface area contributed by atoms with E-state index in [4.69, 9.17) is 10.0 Å². The zero-order valence-corrected chi connectivity index (χ0v) is 13.3. The molecule has 1 aliphatic carbocycles. The minimum absolute atomic E-state index is 0.187. The number of Topliss-reactive ketones (excluding diaryl/α,β-unsaturated/α-hetero) is 2. The number of hydrogen-bond donors (Lipinski definition) is 1. The molecule has 0 aromatic carbocycles. The molecule has 118 valence electrons. The summed E-state index contributed by atoms with van der Waals surface area (Å²) < 4.78 is 0. The average Bonchev–Trinajstić information content (AvgIpc) is 2.36. The second-order valence-corrected chi connectivity index (χ2v) is 6.16. The van der Waals surface area contributed by atoms with Crippen molar-refractivity contribution in [3.8, 4) is 0 Å². The third-order valence-electron chi connectivity index (χ3n) is 3.92. The van der Waals surface area contributed by atoms with Crippen molar-refractivity contribution in [1.82, 2.24) is 0 Å². The zero-order chi connectivity index (χ0) is 16.2. The van der Waals surface area contributed by atoms with Crippen LogP contribution in [0.2, 0.25) is 0 Å². The van der Waals surface area contributed by atoms with Gasteiger partial charge < -0.3 is 10.0 Å². The van der Waals surface area contributed by atoms with Crippen molar-refractivity contribution in [1.29, 1.82) is 0 Å². The maximum absolute atomic E-state index is 12.8. The lowest BCUT2D eigenvalue weighted by molar-refractivity contribution is -0.139. The van der Waals surface area contributed by atoms with Gasteiger partial charge in [-0.05, 0) is 18.8 Å². The number of rotatable bonds is 5. The third-order valence-corrected chi connectivity index (χ3v) is 3.92. The van der Waals surface area contributed by atoms with Gasteiger partial charge in [0.1, 0.15) is 18.8 Å². The van der Waals surface area contributed by atoms with Crippen LogP contribution in [0.4, 0.5) is 0 Å².